The van der Waals surface area contributed by atoms with Gasteiger partial charge in [0, 0.05) is 23.5 Å². The van der Waals surface area contributed by atoms with Gasteiger partial charge < -0.3 is 19.5 Å². The molecule has 5 rings (SSSR count). The van der Waals surface area contributed by atoms with E-state index in [1.807, 2.05) is 30.0 Å². The molecule has 1 aromatic carbocycles. The number of fused-ring (bicyclic) bond motifs is 5. The van der Waals surface area contributed by atoms with Crippen molar-refractivity contribution >= 4 is 22.7 Å². The summed E-state index contributed by atoms with van der Waals surface area (Å²) >= 11 is 0. The normalized spacial score (nSPS) is 25.9. The summed E-state index contributed by atoms with van der Waals surface area (Å²) in [6.45, 7) is 2.72. The van der Waals surface area contributed by atoms with E-state index < -0.39 is 5.54 Å². The zero-order valence-corrected chi connectivity index (χ0v) is 15.9. The maximum Gasteiger partial charge on any atom is 0.255 e. The number of aromatic amines is 1. The summed E-state index contributed by atoms with van der Waals surface area (Å²) in [5, 5.41) is 1.09. The van der Waals surface area contributed by atoms with E-state index >= 15 is 0 Å². The molecule has 2 fully saturated rings. The van der Waals surface area contributed by atoms with Crippen molar-refractivity contribution in [3.8, 4) is 5.75 Å². The highest BCUT2D eigenvalue weighted by Crippen LogP contribution is 2.43. The largest absolute Gasteiger partial charge is 0.497 e. The van der Waals surface area contributed by atoms with E-state index in [1.165, 1.54) is 0 Å². The smallest absolute Gasteiger partial charge is 0.255 e. The standard InChI is InChI=1S/C21H25N3O3/c1-21-19-15(16-11-14(27-2)7-8-17(16)22-19)9-10-24(21)18(25)12-23(20(21)26)13-5-3-4-6-13/h7-8,11,13,22H,3-6,9-10,12H2,1-2H3/t21-/m0/s1. The number of ether oxygens (including phenoxy) is 1. The number of methoxy groups -OCH3 is 1. The molecule has 2 aromatic rings. The Morgan fingerprint density at radius 2 is 2.00 bits per heavy atom. The number of hydrogen-bond acceptors (Lipinski definition) is 3. The first-order chi connectivity index (χ1) is 13.0. The van der Waals surface area contributed by atoms with Crippen LogP contribution in [0.2, 0.25) is 0 Å². The second-order valence-corrected chi connectivity index (χ2v) is 8.13. The zero-order chi connectivity index (χ0) is 18.8. The summed E-state index contributed by atoms with van der Waals surface area (Å²) in [7, 11) is 1.66. The number of benzene rings is 1. The fourth-order valence-corrected chi connectivity index (χ4v) is 5.30. The molecule has 0 spiro atoms. The van der Waals surface area contributed by atoms with E-state index in [0.29, 0.717) is 6.54 Å². The molecule has 142 valence electrons. The third-order valence-electron chi connectivity index (χ3n) is 6.77. The highest BCUT2D eigenvalue weighted by molar-refractivity contribution is 6.01. The van der Waals surface area contributed by atoms with Crippen LogP contribution in [0.15, 0.2) is 18.2 Å². The van der Waals surface area contributed by atoms with Gasteiger partial charge in [0.05, 0.1) is 12.8 Å². The second-order valence-electron chi connectivity index (χ2n) is 8.13. The summed E-state index contributed by atoms with van der Waals surface area (Å²) in [5.41, 5.74) is 2.05. The fourth-order valence-electron chi connectivity index (χ4n) is 5.30. The Bertz CT molecular complexity index is 944. The molecule has 1 saturated heterocycles. The monoisotopic (exact) mass is 367 g/mol. The first kappa shape index (κ1) is 16.7. The minimum Gasteiger partial charge on any atom is -0.497 e. The van der Waals surface area contributed by atoms with E-state index in [-0.39, 0.29) is 24.4 Å². The maximum atomic E-state index is 13.7. The molecule has 0 unspecified atom stereocenters. The lowest BCUT2D eigenvalue weighted by atomic mass is 9.82. The van der Waals surface area contributed by atoms with Crippen molar-refractivity contribution in [3.63, 3.8) is 0 Å². The van der Waals surface area contributed by atoms with Gasteiger partial charge in [0.15, 0.2) is 5.54 Å². The van der Waals surface area contributed by atoms with E-state index in [1.54, 1.807) is 12.0 Å². The summed E-state index contributed by atoms with van der Waals surface area (Å²) in [4.78, 5) is 33.7. The van der Waals surface area contributed by atoms with Crippen LogP contribution in [-0.2, 0) is 21.5 Å². The van der Waals surface area contributed by atoms with Gasteiger partial charge in [-0.3, -0.25) is 9.59 Å². The number of rotatable bonds is 2. The molecule has 6 heteroatoms. The maximum absolute atomic E-state index is 13.7. The Balaban J connectivity index is 1.65. The van der Waals surface area contributed by atoms with Gasteiger partial charge in [-0.25, -0.2) is 0 Å². The molecule has 27 heavy (non-hydrogen) atoms. The van der Waals surface area contributed by atoms with Crippen LogP contribution < -0.4 is 4.74 Å². The quantitative estimate of drug-likeness (QED) is 0.887. The van der Waals surface area contributed by atoms with Crippen molar-refractivity contribution in [2.75, 3.05) is 20.2 Å². The minimum atomic E-state index is -0.947. The molecule has 0 radical (unpaired) electrons. The van der Waals surface area contributed by atoms with Crippen molar-refractivity contribution in [1.82, 2.24) is 14.8 Å². The third-order valence-corrected chi connectivity index (χ3v) is 6.77. The highest BCUT2D eigenvalue weighted by Gasteiger charge is 2.55. The first-order valence-corrected chi connectivity index (χ1v) is 9.84. The fraction of sp³-hybridized carbons (Fsp3) is 0.524. The van der Waals surface area contributed by atoms with Crippen molar-refractivity contribution in [1.29, 1.82) is 0 Å². The molecule has 1 N–H and O–H groups in total. The molecular weight excluding hydrogens is 342 g/mol. The van der Waals surface area contributed by atoms with Crippen molar-refractivity contribution in [2.24, 2.45) is 0 Å². The molecule has 2 amide bonds. The van der Waals surface area contributed by atoms with Gasteiger partial charge in [0.1, 0.15) is 12.3 Å². The summed E-state index contributed by atoms with van der Waals surface area (Å²) in [6.07, 6.45) is 5.04. The van der Waals surface area contributed by atoms with Crippen LogP contribution in [-0.4, -0.2) is 52.8 Å². The number of carbonyl (C=O) groups excluding carboxylic acids is 2. The van der Waals surface area contributed by atoms with Gasteiger partial charge >= 0.3 is 0 Å². The Morgan fingerprint density at radius 1 is 1.22 bits per heavy atom. The van der Waals surface area contributed by atoms with Gasteiger partial charge in [-0.15, -0.1) is 0 Å². The molecule has 6 nitrogen and oxygen atoms in total. The van der Waals surface area contributed by atoms with Crippen LogP contribution in [0.3, 0.4) is 0 Å². The number of piperazine rings is 1. The number of nitrogens with one attached hydrogen (secondary N) is 1. The van der Waals surface area contributed by atoms with Crippen LogP contribution >= 0.6 is 0 Å². The predicted molar refractivity (Wildman–Crippen MR) is 102 cm³/mol. The Kier molecular flexibility index (Phi) is 3.55. The average molecular weight is 367 g/mol. The second kappa shape index (κ2) is 5.75. The van der Waals surface area contributed by atoms with Gasteiger partial charge in [-0.05, 0) is 49.9 Å². The van der Waals surface area contributed by atoms with Crippen molar-refractivity contribution in [2.45, 2.75) is 50.6 Å². The molecule has 1 aromatic heterocycles. The van der Waals surface area contributed by atoms with Gasteiger partial charge in [-0.1, -0.05) is 12.8 Å². The number of H-pyrrole nitrogens is 1. The number of nitrogens with zero attached hydrogens (tertiary/aromatic N) is 2. The van der Waals surface area contributed by atoms with E-state index in [9.17, 15) is 9.59 Å². The van der Waals surface area contributed by atoms with Crippen LogP contribution in [0.25, 0.3) is 10.9 Å². The van der Waals surface area contributed by atoms with Gasteiger partial charge in [0.2, 0.25) is 5.91 Å². The summed E-state index contributed by atoms with van der Waals surface area (Å²) in [5.74, 6) is 0.926. The highest BCUT2D eigenvalue weighted by atomic mass is 16.5. The molecular formula is C21H25N3O3. The Labute approximate surface area is 158 Å². The Hall–Kier alpha value is -2.50. The van der Waals surface area contributed by atoms with Crippen LogP contribution in [0.5, 0.6) is 5.75 Å². The van der Waals surface area contributed by atoms with E-state index in [2.05, 4.69) is 4.98 Å². The minimum absolute atomic E-state index is 0.0610. The lowest BCUT2D eigenvalue weighted by Gasteiger charge is -2.51. The van der Waals surface area contributed by atoms with Crippen LogP contribution in [0.1, 0.15) is 43.9 Å². The lowest BCUT2D eigenvalue weighted by molar-refractivity contribution is -0.168. The molecule has 2 aliphatic heterocycles. The third kappa shape index (κ3) is 2.19. The zero-order valence-electron chi connectivity index (χ0n) is 15.9. The molecule has 3 aliphatic rings. The number of hydrogen-bond donors (Lipinski definition) is 1. The molecule has 3 heterocycles. The summed E-state index contributed by atoms with van der Waals surface area (Å²) in [6, 6.07) is 6.14. The first-order valence-electron chi connectivity index (χ1n) is 9.84. The van der Waals surface area contributed by atoms with Gasteiger partial charge in [0.25, 0.3) is 5.91 Å². The molecule has 1 aliphatic carbocycles. The van der Waals surface area contributed by atoms with E-state index in [0.717, 1.165) is 60.0 Å². The molecule has 0 bridgehead atoms. The van der Waals surface area contributed by atoms with Gasteiger partial charge in [-0.2, -0.15) is 0 Å². The van der Waals surface area contributed by atoms with E-state index in [4.69, 9.17) is 4.74 Å². The SMILES string of the molecule is COc1ccc2[nH]c3c(c2c1)CCN1C(=O)CN(C2CCCC2)C(=O)[C@]31C. The van der Waals surface area contributed by atoms with Crippen LogP contribution in [0.4, 0.5) is 0 Å². The van der Waals surface area contributed by atoms with Crippen molar-refractivity contribution < 1.29 is 14.3 Å². The lowest BCUT2D eigenvalue weighted by Crippen LogP contribution is -2.68. The number of aromatic nitrogens is 1. The topological polar surface area (TPSA) is 65.6 Å². The predicted octanol–water partition coefficient (Wildman–Crippen LogP) is 2.56. The van der Waals surface area contributed by atoms with Crippen LogP contribution in [0, 0.1) is 0 Å². The number of carbonyl (C=O) groups is 2. The average Bonchev–Trinajstić information content (AvgIpc) is 3.32. The Morgan fingerprint density at radius 3 is 2.74 bits per heavy atom. The summed E-state index contributed by atoms with van der Waals surface area (Å²) < 4.78 is 5.38. The molecule has 1 atom stereocenters. The van der Waals surface area contributed by atoms with Crippen molar-refractivity contribution in [3.05, 3.63) is 29.5 Å². The molecule has 1 saturated carbocycles. The number of amides is 2.